The van der Waals surface area contributed by atoms with Gasteiger partial charge in [-0.2, -0.15) is 15.8 Å². The van der Waals surface area contributed by atoms with Gasteiger partial charge >= 0.3 is 0 Å². The van der Waals surface area contributed by atoms with Crippen LogP contribution in [0.15, 0.2) is 11.1 Å². The van der Waals surface area contributed by atoms with Gasteiger partial charge in [-0.3, -0.25) is 0 Å². The molecule has 0 aromatic carbocycles. The second kappa shape index (κ2) is 9.75. The van der Waals surface area contributed by atoms with Crippen LogP contribution in [0.25, 0.3) is 0 Å². The van der Waals surface area contributed by atoms with Gasteiger partial charge in [-0.1, -0.05) is 39.0 Å². The first-order chi connectivity index (χ1) is 7.79. The van der Waals surface area contributed by atoms with E-state index in [-0.39, 0.29) is 5.57 Å². The average Bonchev–Trinajstić information content (AvgIpc) is 2.32. The van der Waals surface area contributed by atoms with Gasteiger partial charge in [0.05, 0.1) is 11.6 Å². The van der Waals surface area contributed by atoms with Crippen LogP contribution in [0.2, 0.25) is 0 Å². The van der Waals surface area contributed by atoms with Crippen molar-refractivity contribution in [2.75, 3.05) is 0 Å². The summed E-state index contributed by atoms with van der Waals surface area (Å²) in [5.41, 5.74) is 0.302. The lowest BCUT2D eigenvalue weighted by Crippen LogP contribution is -1.87. The molecule has 3 nitrogen and oxygen atoms in total. The van der Waals surface area contributed by atoms with Crippen molar-refractivity contribution in [1.29, 1.82) is 15.8 Å². The summed E-state index contributed by atoms with van der Waals surface area (Å²) in [6.07, 6.45) is 7.37. The number of rotatable bonds is 7. The van der Waals surface area contributed by atoms with Crippen molar-refractivity contribution in [2.45, 2.75) is 51.9 Å². The summed E-state index contributed by atoms with van der Waals surface area (Å²) in [4.78, 5) is 0. The number of hydrogen-bond donors (Lipinski definition) is 0. The third-order valence-corrected chi connectivity index (χ3v) is 2.44. The molecule has 0 aliphatic carbocycles. The SMILES string of the molecule is CCCCCCCCC(C#N)=C(C#N)C#N. The number of hydrogen-bond acceptors (Lipinski definition) is 3. The minimum absolute atomic E-state index is 0.0314. The summed E-state index contributed by atoms with van der Waals surface area (Å²) >= 11 is 0. The molecule has 0 N–H and O–H groups in total. The maximum atomic E-state index is 8.79. The minimum atomic E-state index is -0.0314. The van der Waals surface area contributed by atoms with Crippen molar-refractivity contribution < 1.29 is 0 Å². The van der Waals surface area contributed by atoms with E-state index < -0.39 is 0 Å². The molecule has 0 atom stereocenters. The van der Waals surface area contributed by atoms with Gasteiger partial charge in [0.25, 0.3) is 0 Å². The summed E-state index contributed by atoms with van der Waals surface area (Å²) in [5, 5.41) is 26.0. The molecule has 0 unspecified atom stereocenters. The molecule has 0 aromatic rings. The van der Waals surface area contributed by atoms with Gasteiger partial charge in [0.2, 0.25) is 0 Å². The Labute approximate surface area is 97.6 Å². The fourth-order valence-electron chi connectivity index (χ4n) is 1.48. The van der Waals surface area contributed by atoms with Crippen LogP contribution in [-0.2, 0) is 0 Å². The highest BCUT2D eigenvalue weighted by molar-refractivity contribution is 5.45. The molecule has 0 spiro atoms. The van der Waals surface area contributed by atoms with E-state index in [0.29, 0.717) is 12.0 Å². The van der Waals surface area contributed by atoms with Gasteiger partial charge in [-0.15, -0.1) is 0 Å². The predicted octanol–water partition coefficient (Wildman–Crippen LogP) is 3.60. The van der Waals surface area contributed by atoms with E-state index in [1.54, 1.807) is 12.1 Å². The van der Waals surface area contributed by atoms with Crippen molar-refractivity contribution in [2.24, 2.45) is 0 Å². The van der Waals surface area contributed by atoms with Crippen molar-refractivity contribution in [3.8, 4) is 18.2 Å². The zero-order valence-corrected chi connectivity index (χ0v) is 9.79. The first-order valence-corrected chi connectivity index (χ1v) is 5.73. The van der Waals surface area contributed by atoms with E-state index in [1.807, 2.05) is 6.07 Å². The molecule has 3 heteroatoms. The Balaban J connectivity index is 3.93. The monoisotopic (exact) mass is 215 g/mol. The first-order valence-electron chi connectivity index (χ1n) is 5.73. The summed E-state index contributed by atoms with van der Waals surface area (Å²) in [5.74, 6) is 0. The average molecular weight is 215 g/mol. The number of unbranched alkanes of at least 4 members (excludes halogenated alkanes) is 5. The number of nitriles is 3. The Morgan fingerprint density at radius 2 is 1.38 bits per heavy atom. The highest BCUT2D eigenvalue weighted by Crippen LogP contribution is 2.14. The van der Waals surface area contributed by atoms with Crippen molar-refractivity contribution in [1.82, 2.24) is 0 Å². The molecule has 0 aliphatic heterocycles. The van der Waals surface area contributed by atoms with Gasteiger partial charge in [0.1, 0.15) is 17.7 Å². The molecular formula is C13H17N3. The summed E-state index contributed by atoms with van der Waals surface area (Å²) in [6.45, 7) is 2.17. The molecule has 16 heavy (non-hydrogen) atoms. The molecule has 0 rings (SSSR count). The molecular weight excluding hydrogens is 198 g/mol. The van der Waals surface area contributed by atoms with Crippen LogP contribution in [0.5, 0.6) is 0 Å². The fraction of sp³-hybridized carbons (Fsp3) is 0.615. The highest BCUT2D eigenvalue weighted by Gasteiger charge is 2.04. The maximum Gasteiger partial charge on any atom is 0.143 e. The standard InChI is InChI=1S/C13H17N3/c1-2-3-4-5-6-7-8-12(9-14)13(10-15)11-16/h2-8H2,1H3. The quantitative estimate of drug-likeness (QED) is 0.481. The molecule has 0 heterocycles. The molecule has 0 amide bonds. The fourth-order valence-corrected chi connectivity index (χ4v) is 1.48. The number of nitrogens with zero attached hydrogens (tertiary/aromatic N) is 3. The van der Waals surface area contributed by atoms with E-state index in [9.17, 15) is 0 Å². The smallest absolute Gasteiger partial charge is 0.143 e. The Morgan fingerprint density at radius 1 is 0.812 bits per heavy atom. The van der Waals surface area contributed by atoms with E-state index in [0.717, 1.165) is 12.8 Å². The van der Waals surface area contributed by atoms with Gasteiger partial charge in [0.15, 0.2) is 0 Å². The van der Waals surface area contributed by atoms with Crippen molar-refractivity contribution in [3.05, 3.63) is 11.1 Å². The van der Waals surface area contributed by atoms with Gasteiger partial charge < -0.3 is 0 Å². The summed E-state index contributed by atoms with van der Waals surface area (Å²) in [7, 11) is 0. The van der Waals surface area contributed by atoms with Crippen LogP contribution in [0.3, 0.4) is 0 Å². The van der Waals surface area contributed by atoms with E-state index in [1.165, 1.54) is 25.7 Å². The van der Waals surface area contributed by atoms with Crippen LogP contribution in [0.4, 0.5) is 0 Å². The van der Waals surface area contributed by atoms with Gasteiger partial charge in [0, 0.05) is 0 Å². The van der Waals surface area contributed by atoms with Crippen LogP contribution in [0, 0.1) is 34.0 Å². The van der Waals surface area contributed by atoms with Gasteiger partial charge in [-0.05, 0) is 12.8 Å². The zero-order chi connectivity index (χ0) is 12.2. The van der Waals surface area contributed by atoms with E-state index in [2.05, 4.69) is 6.92 Å². The van der Waals surface area contributed by atoms with Crippen molar-refractivity contribution in [3.63, 3.8) is 0 Å². The minimum Gasteiger partial charge on any atom is -0.193 e. The Hall–Kier alpha value is -1.79. The molecule has 84 valence electrons. The second-order valence-corrected chi connectivity index (χ2v) is 3.71. The molecule has 0 saturated heterocycles. The Morgan fingerprint density at radius 3 is 1.88 bits per heavy atom. The highest BCUT2D eigenvalue weighted by atomic mass is 14.3. The molecule has 0 bridgehead atoms. The Bertz CT molecular complexity index is 331. The van der Waals surface area contributed by atoms with Crippen LogP contribution >= 0.6 is 0 Å². The third-order valence-electron chi connectivity index (χ3n) is 2.44. The third kappa shape index (κ3) is 5.84. The van der Waals surface area contributed by atoms with Crippen LogP contribution < -0.4 is 0 Å². The molecule has 0 saturated carbocycles. The lowest BCUT2D eigenvalue weighted by molar-refractivity contribution is 0.608. The van der Waals surface area contributed by atoms with Crippen molar-refractivity contribution >= 4 is 0 Å². The predicted molar refractivity (Wildman–Crippen MR) is 61.9 cm³/mol. The van der Waals surface area contributed by atoms with Crippen LogP contribution in [-0.4, -0.2) is 0 Å². The lowest BCUT2D eigenvalue weighted by atomic mass is 10.0. The normalized spacial score (nSPS) is 8.62. The zero-order valence-electron chi connectivity index (χ0n) is 9.79. The summed E-state index contributed by atoms with van der Waals surface area (Å²) in [6, 6.07) is 5.46. The second-order valence-electron chi connectivity index (χ2n) is 3.71. The molecule has 0 radical (unpaired) electrons. The molecule has 0 aliphatic rings. The van der Waals surface area contributed by atoms with E-state index >= 15 is 0 Å². The topological polar surface area (TPSA) is 71.4 Å². The van der Waals surface area contributed by atoms with Gasteiger partial charge in [-0.25, -0.2) is 0 Å². The largest absolute Gasteiger partial charge is 0.193 e. The number of allylic oxidation sites excluding steroid dienone is 2. The molecule has 0 aromatic heterocycles. The van der Waals surface area contributed by atoms with E-state index in [4.69, 9.17) is 15.8 Å². The Kier molecular flexibility index (Phi) is 8.66. The van der Waals surface area contributed by atoms with Crippen LogP contribution in [0.1, 0.15) is 51.9 Å². The maximum absolute atomic E-state index is 8.79. The molecule has 0 fully saturated rings. The first kappa shape index (κ1) is 14.2. The lowest BCUT2D eigenvalue weighted by Gasteiger charge is -2.00. The summed E-state index contributed by atoms with van der Waals surface area (Å²) < 4.78 is 0.